The first-order valence-electron chi connectivity index (χ1n) is 11.1. The Morgan fingerprint density at radius 1 is 0.969 bits per heavy atom. The number of nitrogens with zero attached hydrogens (tertiary/aromatic N) is 2. The number of amides is 4. The smallest absolute Gasteiger partial charge is 0.255 e. The van der Waals surface area contributed by atoms with Crippen molar-refractivity contribution in [3.8, 4) is 0 Å². The first-order chi connectivity index (χ1) is 15.5. The zero-order valence-electron chi connectivity index (χ0n) is 17.8. The summed E-state index contributed by atoms with van der Waals surface area (Å²) in [7, 11) is 0. The highest BCUT2D eigenvalue weighted by molar-refractivity contribution is 6.05. The molecule has 2 aromatic rings. The van der Waals surface area contributed by atoms with Crippen LogP contribution in [-0.4, -0.2) is 46.0 Å². The quantitative estimate of drug-likeness (QED) is 0.753. The molecule has 7 nitrogen and oxygen atoms in total. The van der Waals surface area contributed by atoms with E-state index in [1.54, 1.807) is 4.90 Å². The molecule has 2 unspecified atom stereocenters. The zero-order chi connectivity index (χ0) is 22.2. The molecule has 164 valence electrons. The molecule has 3 heterocycles. The number of likely N-dealkylation sites (tertiary alicyclic amines) is 1. The molecule has 0 saturated carbocycles. The van der Waals surface area contributed by atoms with Crippen LogP contribution >= 0.6 is 0 Å². The van der Waals surface area contributed by atoms with Crippen molar-refractivity contribution in [2.24, 2.45) is 0 Å². The summed E-state index contributed by atoms with van der Waals surface area (Å²) in [5, 5.41) is 2.33. The highest BCUT2D eigenvalue weighted by atomic mass is 16.2. The summed E-state index contributed by atoms with van der Waals surface area (Å²) >= 11 is 0. The van der Waals surface area contributed by atoms with E-state index in [2.05, 4.69) is 5.32 Å². The van der Waals surface area contributed by atoms with Crippen LogP contribution in [0.2, 0.25) is 0 Å². The molecule has 5 rings (SSSR count). The molecule has 4 amide bonds. The first kappa shape index (κ1) is 20.4. The molecule has 2 saturated heterocycles. The number of carbonyl (C=O) groups is 4. The second kappa shape index (κ2) is 8.22. The maximum absolute atomic E-state index is 12.9. The van der Waals surface area contributed by atoms with Gasteiger partial charge in [-0.15, -0.1) is 0 Å². The monoisotopic (exact) mass is 431 g/mol. The molecule has 0 aromatic heterocycles. The van der Waals surface area contributed by atoms with E-state index in [0.29, 0.717) is 38.0 Å². The third kappa shape index (κ3) is 3.79. The SMILES string of the molecule is O=C1CCC(N2Cc3cc(C4CCN(Cc5ccccc5)C(=O)C4)ccc3C2=O)C(=O)N1. The number of benzene rings is 2. The van der Waals surface area contributed by atoms with Crippen LogP contribution < -0.4 is 5.32 Å². The standard InChI is InChI=1S/C25H25N3O4/c29-22-9-8-21(24(31)26-22)28-15-19-12-17(6-7-20(19)25(28)32)18-10-11-27(23(30)13-18)14-16-4-2-1-3-5-16/h1-7,12,18,21H,8-11,13-15H2,(H,26,29,31). The van der Waals surface area contributed by atoms with Crippen molar-refractivity contribution >= 4 is 23.6 Å². The van der Waals surface area contributed by atoms with E-state index < -0.39 is 11.9 Å². The Morgan fingerprint density at radius 3 is 2.53 bits per heavy atom. The Labute approximate surface area is 186 Å². The molecular weight excluding hydrogens is 406 g/mol. The van der Waals surface area contributed by atoms with Crippen LogP contribution in [-0.2, 0) is 27.5 Å². The van der Waals surface area contributed by atoms with Gasteiger partial charge >= 0.3 is 0 Å². The van der Waals surface area contributed by atoms with Crippen molar-refractivity contribution in [3.05, 3.63) is 70.8 Å². The van der Waals surface area contributed by atoms with Gasteiger partial charge in [-0.1, -0.05) is 42.5 Å². The van der Waals surface area contributed by atoms with Crippen LogP contribution in [0.25, 0.3) is 0 Å². The van der Waals surface area contributed by atoms with Gasteiger partial charge in [0.2, 0.25) is 17.7 Å². The van der Waals surface area contributed by atoms with E-state index in [1.165, 1.54) is 0 Å². The lowest BCUT2D eigenvalue weighted by atomic mass is 9.87. The molecule has 2 atom stereocenters. The minimum atomic E-state index is -0.612. The zero-order valence-corrected chi connectivity index (χ0v) is 17.8. The molecule has 1 N–H and O–H groups in total. The van der Waals surface area contributed by atoms with E-state index >= 15 is 0 Å². The molecule has 3 aliphatic heterocycles. The summed E-state index contributed by atoms with van der Waals surface area (Å²) in [6, 6.07) is 15.2. The summed E-state index contributed by atoms with van der Waals surface area (Å²) < 4.78 is 0. The summed E-state index contributed by atoms with van der Waals surface area (Å²) in [6.45, 7) is 1.69. The van der Waals surface area contributed by atoms with E-state index in [0.717, 1.165) is 23.1 Å². The van der Waals surface area contributed by atoms with Crippen LogP contribution in [0.15, 0.2) is 48.5 Å². The molecule has 0 radical (unpaired) electrons. The van der Waals surface area contributed by atoms with Gasteiger partial charge in [0.15, 0.2) is 0 Å². The van der Waals surface area contributed by atoms with Crippen molar-refractivity contribution in [3.63, 3.8) is 0 Å². The van der Waals surface area contributed by atoms with E-state index in [4.69, 9.17) is 0 Å². The van der Waals surface area contributed by atoms with Crippen molar-refractivity contribution in [2.75, 3.05) is 6.54 Å². The van der Waals surface area contributed by atoms with Gasteiger partial charge in [0, 0.05) is 38.0 Å². The molecular formula is C25H25N3O4. The highest BCUT2D eigenvalue weighted by Gasteiger charge is 2.39. The van der Waals surface area contributed by atoms with Crippen LogP contribution in [0.4, 0.5) is 0 Å². The summed E-state index contributed by atoms with van der Waals surface area (Å²) in [5.41, 5.74) is 3.68. The Morgan fingerprint density at radius 2 is 1.78 bits per heavy atom. The number of imide groups is 1. The van der Waals surface area contributed by atoms with Gasteiger partial charge < -0.3 is 9.80 Å². The van der Waals surface area contributed by atoms with Gasteiger partial charge in [0.1, 0.15) is 6.04 Å². The Balaban J connectivity index is 1.27. The normalized spacial score (nSPS) is 23.4. The lowest BCUT2D eigenvalue weighted by molar-refractivity contribution is -0.137. The van der Waals surface area contributed by atoms with Gasteiger partial charge in [-0.2, -0.15) is 0 Å². The molecule has 0 aliphatic carbocycles. The van der Waals surface area contributed by atoms with Gasteiger partial charge in [0.25, 0.3) is 5.91 Å². The van der Waals surface area contributed by atoms with Gasteiger partial charge in [-0.25, -0.2) is 0 Å². The number of piperidine rings is 2. The molecule has 3 aliphatic rings. The number of nitrogens with one attached hydrogen (secondary N) is 1. The lowest BCUT2D eigenvalue weighted by Gasteiger charge is -2.32. The van der Waals surface area contributed by atoms with Crippen LogP contribution in [0.1, 0.15) is 58.6 Å². The molecule has 32 heavy (non-hydrogen) atoms. The fraction of sp³-hybridized carbons (Fsp3) is 0.360. The van der Waals surface area contributed by atoms with Gasteiger partial charge in [0.05, 0.1) is 0 Å². The van der Waals surface area contributed by atoms with Crippen LogP contribution in [0.5, 0.6) is 0 Å². The van der Waals surface area contributed by atoms with Crippen molar-refractivity contribution in [1.82, 2.24) is 15.1 Å². The number of hydrogen-bond acceptors (Lipinski definition) is 4. The van der Waals surface area contributed by atoms with Gasteiger partial charge in [-0.3, -0.25) is 24.5 Å². The van der Waals surface area contributed by atoms with E-state index in [1.807, 2.05) is 53.4 Å². The average molecular weight is 431 g/mol. The average Bonchev–Trinajstić information content (AvgIpc) is 3.11. The van der Waals surface area contributed by atoms with Crippen molar-refractivity contribution < 1.29 is 19.2 Å². The Kier molecular flexibility index (Phi) is 5.25. The molecule has 7 heteroatoms. The fourth-order valence-corrected chi connectivity index (χ4v) is 4.98. The maximum Gasteiger partial charge on any atom is 0.255 e. The van der Waals surface area contributed by atoms with Gasteiger partial charge in [-0.05, 0) is 41.5 Å². The predicted octanol–water partition coefficient (Wildman–Crippen LogP) is 2.35. The third-order valence-electron chi connectivity index (χ3n) is 6.76. The molecule has 0 bridgehead atoms. The summed E-state index contributed by atoms with van der Waals surface area (Å²) in [6.07, 6.45) is 1.93. The van der Waals surface area contributed by atoms with Crippen molar-refractivity contribution in [2.45, 2.75) is 50.7 Å². The first-order valence-corrected chi connectivity index (χ1v) is 11.1. The molecule has 0 spiro atoms. The number of hydrogen-bond donors (Lipinski definition) is 1. The summed E-state index contributed by atoms with van der Waals surface area (Å²) in [5.74, 6) is -0.596. The largest absolute Gasteiger partial charge is 0.338 e. The second-order valence-corrected chi connectivity index (χ2v) is 8.81. The number of carbonyl (C=O) groups excluding carboxylic acids is 4. The van der Waals surface area contributed by atoms with E-state index in [-0.39, 0.29) is 30.1 Å². The minimum Gasteiger partial charge on any atom is -0.338 e. The Hall–Kier alpha value is -3.48. The Bertz CT molecular complexity index is 1100. The lowest BCUT2D eigenvalue weighted by Crippen LogP contribution is -2.52. The van der Waals surface area contributed by atoms with E-state index in [9.17, 15) is 19.2 Å². The second-order valence-electron chi connectivity index (χ2n) is 8.81. The predicted molar refractivity (Wildman–Crippen MR) is 116 cm³/mol. The highest BCUT2D eigenvalue weighted by Crippen LogP contribution is 2.34. The minimum absolute atomic E-state index is 0.125. The molecule has 2 aromatic carbocycles. The van der Waals surface area contributed by atoms with Crippen molar-refractivity contribution in [1.29, 1.82) is 0 Å². The van der Waals surface area contributed by atoms with Crippen LogP contribution in [0, 0.1) is 0 Å². The topological polar surface area (TPSA) is 86.8 Å². The fourth-order valence-electron chi connectivity index (χ4n) is 4.98. The maximum atomic E-state index is 12.9. The number of fused-ring (bicyclic) bond motifs is 1. The number of rotatable bonds is 4. The third-order valence-corrected chi connectivity index (χ3v) is 6.76. The molecule has 2 fully saturated rings. The van der Waals surface area contributed by atoms with Crippen LogP contribution in [0.3, 0.4) is 0 Å². The summed E-state index contributed by atoms with van der Waals surface area (Å²) in [4.78, 5) is 52.8.